The largest absolute Gasteiger partial charge is 0.370 e. The number of morpholine rings is 1. The number of piperazine rings is 1. The van der Waals surface area contributed by atoms with Crippen molar-refractivity contribution in [1.29, 1.82) is 5.26 Å². The molecule has 0 unspecified atom stereocenters. The molecule has 0 bridgehead atoms. The topological polar surface area (TPSA) is 75.9 Å². The van der Waals surface area contributed by atoms with E-state index in [9.17, 15) is 10.1 Å². The molecule has 3 saturated heterocycles. The van der Waals surface area contributed by atoms with Crippen LogP contribution in [0.4, 0.5) is 5.69 Å². The van der Waals surface area contributed by atoms with Crippen molar-refractivity contribution < 1.29 is 9.53 Å². The third-order valence-electron chi connectivity index (χ3n) is 8.19. The lowest BCUT2D eigenvalue weighted by Gasteiger charge is -2.45. The number of carbonyl (C=O) groups excluding carboxylic acids is 1. The Kier molecular flexibility index (Phi) is 7.94. The Morgan fingerprint density at radius 1 is 1.11 bits per heavy atom. The van der Waals surface area contributed by atoms with Gasteiger partial charge in [-0.1, -0.05) is 13.8 Å². The molecule has 5 rings (SSSR count). The molecule has 198 valence electrons. The molecule has 2 atom stereocenters. The molecule has 2 aromatic rings. The molecule has 1 aromatic carbocycles. The standard InChI is InChI=1S/C29H40N6O2/c1-21(2)29(36)34-11-8-24(9-12-34)33-15-13-32(14-16-33)19-25-20-35(18-22(3)37-25)27-7-6-23(17-30)28-26(27)5-4-10-31-28/h4-7,10,21-22,24-25H,8-9,11-16,18-20H2,1-3H3/t22-,25-/m1/s1. The van der Waals surface area contributed by atoms with Crippen LogP contribution in [0, 0.1) is 17.2 Å². The summed E-state index contributed by atoms with van der Waals surface area (Å²) in [4.78, 5) is 26.5. The van der Waals surface area contributed by atoms with Gasteiger partial charge in [0.1, 0.15) is 6.07 Å². The van der Waals surface area contributed by atoms with Gasteiger partial charge in [-0.2, -0.15) is 5.26 Å². The molecule has 4 heterocycles. The molecule has 0 aliphatic carbocycles. The molecule has 37 heavy (non-hydrogen) atoms. The fourth-order valence-corrected chi connectivity index (χ4v) is 6.28. The zero-order valence-electron chi connectivity index (χ0n) is 22.5. The van der Waals surface area contributed by atoms with Crippen LogP contribution < -0.4 is 4.90 Å². The van der Waals surface area contributed by atoms with E-state index in [1.165, 1.54) is 0 Å². The summed E-state index contributed by atoms with van der Waals surface area (Å²) in [6.07, 6.45) is 4.21. The normalized spacial score (nSPS) is 24.5. The number of hydrogen-bond acceptors (Lipinski definition) is 7. The molecular weight excluding hydrogens is 464 g/mol. The van der Waals surface area contributed by atoms with Gasteiger partial charge in [0.05, 0.1) is 23.3 Å². The first-order valence-electron chi connectivity index (χ1n) is 13.9. The zero-order valence-corrected chi connectivity index (χ0v) is 22.5. The molecular formula is C29H40N6O2. The Balaban J connectivity index is 1.16. The quantitative estimate of drug-likeness (QED) is 0.620. The van der Waals surface area contributed by atoms with E-state index >= 15 is 0 Å². The highest BCUT2D eigenvalue weighted by Gasteiger charge is 2.32. The van der Waals surface area contributed by atoms with Crippen molar-refractivity contribution in [2.24, 2.45) is 5.92 Å². The van der Waals surface area contributed by atoms with Crippen molar-refractivity contribution in [1.82, 2.24) is 19.7 Å². The van der Waals surface area contributed by atoms with Gasteiger partial charge in [-0.25, -0.2) is 0 Å². The van der Waals surface area contributed by atoms with Crippen molar-refractivity contribution in [3.63, 3.8) is 0 Å². The molecule has 3 aliphatic rings. The summed E-state index contributed by atoms with van der Waals surface area (Å²) in [7, 11) is 0. The van der Waals surface area contributed by atoms with Gasteiger partial charge in [-0.15, -0.1) is 0 Å². The summed E-state index contributed by atoms with van der Waals surface area (Å²) < 4.78 is 6.39. The Morgan fingerprint density at radius 2 is 1.86 bits per heavy atom. The first kappa shape index (κ1) is 25.9. The van der Waals surface area contributed by atoms with E-state index in [2.05, 4.69) is 49.7 Å². The molecule has 3 aliphatic heterocycles. The second-order valence-electron chi connectivity index (χ2n) is 11.2. The van der Waals surface area contributed by atoms with Crippen LogP contribution in [0.1, 0.15) is 39.2 Å². The van der Waals surface area contributed by atoms with Crippen molar-refractivity contribution in [3.05, 3.63) is 36.0 Å². The van der Waals surface area contributed by atoms with Crippen molar-refractivity contribution in [2.75, 3.05) is 63.8 Å². The Hall–Kier alpha value is -2.73. The zero-order chi connectivity index (χ0) is 25.9. The summed E-state index contributed by atoms with van der Waals surface area (Å²) in [5.74, 6) is 0.386. The first-order valence-corrected chi connectivity index (χ1v) is 13.9. The van der Waals surface area contributed by atoms with Crippen LogP contribution >= 0.6 is 0 Å². The first-order chi connectivity index (χ1) is 17.9. The number of nitrogens with zero attached hydrogens (tertiary/aromatic N) is 6. The van der Waals surface area contributed by atoms with Gasteiger partial charge in [-0.3, -0.25) is 19.6 Å². The van der Waals surface area contributed by atoms with Crippen LogP contribution in [-0.4, -0.2) is 103 Å². The third kappa shape index (κ3) is 5.74. The van der Waals surface area contributed by atoms with E-state index in [1.54, 1.807) is 6.20 Å². The molecule has 0 spiro atoms. The number of benzene rings is 1. The van der Waals surface area contributed by atoms with Crippen molar-refractivity contribution in [3.8, 4) is 6.07 Å². The number of fused-ring (bicyclic) bond motifs is 1. The number of carbonyl (C=O) groups is 1. The van der Waals surface area contributed by atoms with Crippen LogP contribution in [-0.2, 0) is 9.53 Å². The molecule has 1 amide bonds. The van der Waals surface area contributed by atoms with Crippen molar-refractivity contribution in [2.45, 2.75) is 51.9 Å². The van der Waals surface area contributed by atoms with Gasteiger partial charge >= 0.3 is 0 Å². The van der Waals surface area contributed by atoms with E-state index < -0.39 is 0 Å². The fourth-order valence-electron chi connectivity index (χ4n) is 6.28. The fraction of sp³-hybridized carbons (Fsp3) is 0.621. The minimum absolute atomic E-state index is 0.0908. The van der Waals surface area contributed by atoms with E-state index in [0.717, 1.165) is 88.3 Å². The second kappa shape index (κ2) is 11.3. The van der Waals surface area contributed by atoms with Gasteiger partial charge < -0.3 is 14.5 Å². The predicted octanol–water partition coefficient (Wildman–Crippen LogP) is 2.96. The van der Waals surface area contributed by atoms with E-state index in [0.29, 0.717) is 17.5 Å². The molecule has 8 nitrogen and oxygen atoms in total. The molecule has 0 N–H and O–H groups in total. The maximum absolute atomic E-state index is 12.3. The summed E-state index contributed by atoms with van der Waals surface area (Å²) in [6, 6.07) is 10.8. The summed E-state index contributed by atoms with van der Waals surface area (Å²) in [5.41, 5.74) is 2.52. The maximum Gasteiger partial charge on any atom is 0.225 e. The van der Waals surface area contributed by atoms with E-state index in [1.807, 2.05) is 26.0 Å². The Labute approximate surface area is 220 Å². The highest BCUT2D eigenvalue weighted by atomic mass is 16.5. The molecule has 1 aromatic heterocycles. The minimum Gasteiger partial charge on any atom is -0.370 e. The second-order valence-corrected chi connectivity index (χ2v) is 11.2. The average molecular weight is 505 g/mol. The van der Waals surface area contributed by atoms with Gasteiger partial charge in [0.2, 0.25) is 5.91 Å². The van der Waals surface area contributed by atoms with Crippen LogP contribution in [0.5, 0.6) is 0 Å². The van der Waals surface area contributed by atoms with Gasteiger partial charge in [-0.05, 0) is 44.0 Å². The number of nitriles is 1. The number of likely N-dealkylation sites (tertiary alicyclic amines) is 1. The lowest BCUT2D eigenvalue weighted by atomic mass is 10.0. The van der Waals surface area contributed by atoms with E-state index in [4.69, 9.17) is 4.74 Å². The number of amides is 1. The molecule has 0 saturated carbocycles. The number of rotatable bonds is 5. The average Bonchev–Trinajstić information content (AvgIpc) is 2.92. The molecule has 3 fully saturated rings. The number of piperidine rings is 1. The predicted molar refractivity (Wildman–Crippen MR) is 145 cm³/mol. The number of aromatic nitrogens is 1. The number of ether oxygens (including phenoxy) is 1. The maximum atomic E-state index is 12.3. The highest BCUT2D eigenvalue weighted by Crippen LogP contribution is 2.30. The molecule has 8 heteroatoms. The number of pyridine rings is 1. The van der Waals surface area contributed by atoms with Crippen molar-refractivity contribution >= 4 is 22.5 Å². The van der Waals surface area contributed by atoms with Gasteiger partial charge in [0.15, 0.2) is 0 Å². The summed E-state index contributed by atoms with van der Waals surface area (Å²) >= 11 is 0. The lowest BCUT2D eigenvalue weighted by molar-refractivity contribution is -0.136. The van der Waals surface area contributed by atoms with Gasteiger partial charge in [0.25, 0.3) is 0 Å². The summed E-state index contributed by atoms with van der Waals surface area (Å²) in [6.45, 7) is 14.8. The SMILES string of the molecule is CC(C)C(=O)N1CCC(N2CCN(C[C@@H]3CN(c4ccc(C#N)c5ncccc45)C[C@@H](C)O3)CC2)CC1. The van der Waals surface area contributed by atoms with Crippen LogP contribution in [0.3, 0.4) is 0 Å². The highest BCUT2D eigenvalue weighted by molar-refractivity contribution is 5.95. The van der Waals surface area contributed by atoms with Crippen LogP contribution in [0.15, 0.2) is 30.5 Å². The Morgan fingerprint density at radius 3 is 2.57 bits per heavy atom. The van der Waals surface area contributed by atoms with Gasteiger partial charge in [0, 0.05) is 88.1 Å². The monoisotopic (exact) mass is 504 g/mol. The Bertz CT molecular complexity index is 1130. The minimum atomic E-state index is 0.0908. The number of hydrogen-bond donors (Lipinski definition) is 0. The summed E-state index contributed by atoms with van der Waals surface area (Å²) in [5, 5.41) is 10.5. The van der Waals surface area contributed by atoms with E-state index in [-0.39, 0.29) is 18.1 Å². The molecule has 0 radical (unpaired) electrons. The number of anilines is 1. The smallest absolute Gasteiger partial charge is 0.225 e. The third-order valence-corrected chi connectivity index (χ3v) is 8.19. The van der Waals surface area contributed by atoms with Crippen LogP contribution in [0.2, 0.25) is 0 Å². The van der Waals surface area contributed by atoms with Crippen LogP contribution in [0.25, 0.3) is 10.9 Å². The lowest BCUT2D eigenvalue weighted by Crippen LogP contribution is -2.57.